The van der Waals surface area contributed by atoms with E-state index in [4.69, 9.17) is 11.6 Å². The van der Waals surface area contributed by atoms with Gasteiger partial charge in [0, 0.05) is 30.6 Å². The zero-order valence-electron chi connectivity index (χ0n) is 17.6. The topological polar surface area (TPSA) is 87.2 Å². The molecule has 1 aliphatic carbocycles. The van der Waals surface area contributed by atoms with E-state index in [2.05, 4.69) is 24.9 Å². The molecular weight excluding hydrogens is 479 g/mol. The maximum absolute atomic E-state index is 12.8. The molecule has 33 heavy (non-hydrogen) atoms. The predicted octanol–water partition coefficient (Wildman–Crippen LogP) is 3.47. The van der Waals surface area contributed by atoms with E-state index in [1.54, 1.807) is 0 Å². The molecule has 2 amide bonds. The van der Waals surface area contributed by atoms with E-state index in [-0.39, 0.29) is 24.1 Å². The van der Waals surface area contributed by atoms with Crippen molar-refractivity contribution in [3.8, 4) is 0 Å². The summed E-state index contributed by atoms with van der Waals surface area (Å²) < 4.78 is 43.1. The predicted molar refractivity (Wildman–Crippen MR) is 117 cm³/mol. The number of likely N-dealkylation sites (tertiary alicyclic amines) is 1. The van der Waals surface area contributed by atoms with Crippen LogP contribution >= 0.6 is 23.1 Å². The van der Waals surface area contributed by atoms with E-state index in [1.807, 2.05) is 0 Å². The second-order valence-electron chi connectivity index (χ2n) is 8.39. The molecule has 0 spiro atoms. The summed E-state index contributed by atoms with van der Waals surface area (Å²) in [5.74, 6) is 0.0981. The van der Waals surface area contributed by atoms with Crippen molar-refractivity contribution in [2.45, 2.75) is 49.9 Å². The summed E-state index contributed by atoms with van der Waals surface area (Å²) in [6.45, 7) is 1.19. The van der Waals surface area contributed by atoms with Gasteiger partial charge in [0.2, 0.25) is 10.4 Å². The van der Waals surface area contributed by atoms with Crippen LogP contribution in [0.3, 0.4) is 0 Å². The lowest BCUT2D eigenvalue weighted by atomic mass is 9.83. The number of nitrogens with one attached hydrogen (secondary N) is 2. The van der Waals surface area contributed by atoms with E-state index in [0.29, 0.717) is 16.4 Å². The Morgan fingerprint density at radius 2 is 1.91 bits per heavy atom. The molecule has 2 aromatic rings. The van der Waals surface area contributed by atoms with Gasteiger partial charge >= 0.3 is 6.18 Å². The average molecular weight is 502 g/mol. The number of alkyl halides is 3. The van der Waals surface area contributed by atoms with Crippen LogP contribution in [0.4, 0.5) is 13.2 Å². The molecule has 0 radical (unpaired) electrons. The Hall–Kier alpha value is -2.24. The molecule has 1 aliphatic heterocycles. The molecule has 2 heterocycles. The molecule has 1 aromatic carbocycles. The Bertz CT molecular complexity index is 1000. The fourth-order valence-corrected chi connectivity index (χ4v) is 5.04. The summed E-state index contributed by atoms with van der Waals surface area (Å²) >= 11 is 7.09. The number of carbonyl (C=O) groups excluding carboxylic acids is 2. The maximum atomic E-state index is 12.8. The van der Waals surface area contributed by atoms with Gasteiger partial charge in [0.15, 0.2) is 0 Å². The molecule has 7 nitrogen and oxygen atoms in total. The first-order chi connectivity index (χ1) is 15.7. The van der Waals surface area contributed by atoms with Gasteiger partial charge in [0.1, 0.15) is 5.82 Å². The summed E-state index contributed by atoms with van der Waals surface area (Å²) in [6, 6.07) is 4.56. The van der Waals surface area contributed by atoms with Crippen molar-refractivity contribution in [3.05, 3.63) is 45.7 Å². The lowest BCUT2D eigenvalue weighted by Crippen LogP contribution is -2.63. The van der Waals surface area contributed by atoms with Crippen LogP contribution in [0.2, 0.25) is 4.47 Å². The number of amides is 2. The highest BCUT2D eigenvalue weighted by Crippen LogP contribution is 2.35. The third-order valence-electron chi connectivity index (χ3n) is 6.13. The van der Waals surface area contributed by atoms with Crippen LogP contribution in [0, 0.1) is 0 Å². The first-order valence-electron chi connectivity index (χ1n) is 10.7. The molecule has 0 unspecified atom stereocenters. The van der Waals surface area contributed by atoms with Crippen LogP contribution in [0.15, 0.2) is 24.3 Å². The second-order valence-corrected chi connectivity index (χ2v) is 9.72. The van der Waals surface area contributed by atoms with E-state index in [0.717, 1.165) is 62.8 Å². The van der Waals surface area contributed by atoms with Crippen molar-refractivity contribution in [2.24, 2.45) is 0 Å². The van der Waals surface area contributed by atoms with Gasteiger partial charge in [0.05, 0.1) is 18.2 Å². The summed E-state index contributed by atoms with van der Waals surface area (Å²) in [4.78, 5) is 30.9. The Morgan fingerprint density at radius 1 is 1.18 bits per heavy atom. The molecule has 4 rings (SSSR count). The van der Waals surface area contributed by atoms with Crippen LogP contribution in [-0.4, -0.2) is 57.8 Å². The highest BCUT2D eigenvalue weighted by atomic mass is 35.5. The third-order valence-corrected chi connectivity index (χ3v) is 6.94. The SMILES string of the molecule is O=C(CNC(=O)c1cccc(C(F)(F)F)c1)NC1CN(C2CCC(c3nsc(Cl)n3)CC2)C1. The van der Waals surface area contributed by atoms with E-state index < -0.39 is 17.6 Å². The van der Waals surface area contributed by atoms with Crippen LogP contribution in [0.25, 0.3) is 0 Å². The third kappa shape index (κ3) is 6.01. The molecule has 2 N–H and O–H groups in total. The second kappa shape index (κ2) is 9.94. The fourth-order valence-electron chi connectivity index (χ4n) is 4.36. The summed E-state index contributed by atoms with van der Waals surface area (Å²) in [5.41, 5.74) is -1.05. The van der Waals surface area contributed by atoms with Gasteiger partial charge in [-0.1, -0.05) is 6.07 Å². The number of rotatable bonds is 6. The van der Waals surface area contributed by atoms with Gasteiger partial charge in [-0.05, 0) is 67.0 Å². The average Bonchev–Trinajstić information content (AvgIpc) is 3.20. The van der Waals surface area contributed by atoms with Crippen molar-refractivity contribution in [1.29, 1.82) is 0 Å². The van der Waals surface area contributed by atoms with Crippen LogP contribution < -0.4 is 10.6 Å². The number of hydrogen-bond donors (Lipinski definition) is 2. The standard InChI is InChI=1S/C21H23ClF3N5O2S/c22-20-28-18(29-33-20)12-4-6-16(7-5-12)30-10-15(11-30)27-17(31)9-26-19(32)13-2-1-3-14(8-13)21(23,24)25/h1-3,8,12,15-16H,4-7,9-11H2,(H,26,32)(H,27,31). The van der Waals surface area contributed by atoms with E-state index >= 15 is 0 Å². The van der Waals surface area contributed by atoms with Gasteiger partial charge in [-0.15, -0.1) is 0 Å². The number of carbonyl (C=O) groups is 2. The minimum Gasteiger partial charge on any atom is -0.349 e. The summed E-state index contributed by atoms with van der Waals surface area (Å²) in [5, 5.41) is 5.23. The number of nitrogens with zero attached hydrogens (tertiary/aromatic N) is 3. The Balaban J connectivity index is 1.15. The van der Waals surface area contributed by atoms with Gasteiger partial charge in [-0.2, -0.15) is 17.5 Å². The monoisotopic (exact) mass is 501 g/mol. The molecule has 12 heteroatoms. The van der Waals surface area contributed by atoms with Crippen LogP contribution in [0.5, 0.6) is 0 Å². The molecule has 2 aliphatic rings. The van der Waals surface area contributed by atoms with Gasteiger partial charge in [-0.3, -0.25) is 14.5 Å². The molecule has 0 bridgehead atoms. The summed E-state index contributed by atoms with van der Waals surface area (Å²) in [6.07, 6.45) is -0.446. The van der Waals surface area contributed by atoms with Gasteiger partial charge in [-0.25, -0.2) is 4.98 Å². The lowest BCUT2D eigenvalue weighted by Gasteiger charge is -2.46. The first kappa shape index (κ1) is 23.9. The first-order valence-corrected chi connectivity index (χ1v) is 11.8. The number of hydrogen-bond acceptors (Lipinski definition) is 6. The zero-order chi connectivity index (χ0) is 23.6. The van der Waals surface area contributed by atoms with Crippen molar-refractivity contribution < 1.29 is 22.8 Å². The van der Waals surface area contributed by atoms with Gasteiger partial charge in [0.25, 0.3) is 5.91 Å². The fraction of sp³-hybridized carbons (Fsp3) is 0.524. The Morgan fingerprint density at radius 3 is 2.55 bits per heavy atom. The Labute approximate surface area is 197 Å². The molecule has 0 atom stereocenters. The van der Waals surface area contributed by atoms with Crippen molar-refractivity contribution in [2.75, 3.05) is 19.6 Å². The number of halogens is 4. The van der Waals surface area contributed by atoms with Gasteiger partial charge < -0.3 is 10.6 Å². The summed E-state index contributed by atoms with van der Waals surface area (Å²) in [7, 11) is 0. The molecule has 1 saturated heterocycles. The maximum Gasteiger partial charge on any atom is 0.416 e. The van der Waals surface area contributed by atoms with E-state index in [1.165, 1.54) is 17.6 Å². The van der Waals surface area contributed by atoms with Crippen molar-refractivity contribution in [3.63, 3.8) is 0 Å². The molecular formula is C21H23ClF3N5O2S. The van der Waals surface area contributed by atoms with Crippen LogP contribution in [-0.2, 0) is 11.0 Å². The quantitative estimate of drug-likeness (QED) is 0.633. The zero-order valence-corrected chi connectivity index (χ0v) is 19.1. The minimum atomic E-state index is -4.53. The highest BCUT2D eigenvalue weighted by Gasteiger charge is 2.36. The number of aromatic nitrogens is 2. The molecule has 1 aromatic heterocycles. The number of benzene rings is 1. The smallest absolute Gasteiger partial charge is 0.349 e. The normalized spacial score (nSPS) is 21.9. The van der Waals surface area contributed by atoms with E-state index in [9.17, 15) is 22.8 Å². The molecule has 178 valence electrons. The highest BCUT2D eigenvalue weighted by molar-refractivity contribution is 7.10. The minimum absolute atomic E-state index is 0.000281. The van der Waals surface area contributed by atoms with Crippen molar-refractivity contribution >= 4 is 34.9 Å². The largest absolute Gasteiger partial charge is 0.416 e. The molecule has 1 saturated carbocycles. The molecule has 2 fully saturated rings. The van der Waals surface area contributed by atoms with Crippen LogP contribution in [0.1, 0.15) is 53.3 Å². The lowest BCUT2D eigenvalue weighted by molar-refractivity contribution is -0.137. The van der Waals surface area contributed by atoms with Crippen molar-refractivity contribution in [1.82, 2.24) is 24.9 Å². The Kier molecular flexibility index (Phi) is 7.20.